The quantitative estimate of drug-likeness (QED) is 0.453. The summed E-state index contributed by atoms with van der Waals surface area (Å²) in [7, 11) is 0. The molecule has 1 aliphatic heterocycles. The van der Waals surface area contributed by atoms with E-state index in [1.54, 1.807) is 6.92 Å². The molecule has 0 aliphatic carbocycles. The molecule has 1 saturated heterocycles. The average Bonchev–Trinajstić information content (AvgIpc) is 1.85. The number of hydrogen-bond donors (Lipinski definition) is 3. The Balaban J connectivity index is 2.56. The van der Waals surface area contributed by atoms with Crippen LogP contribution in [0.1, 0.15) is 13.3 Å². The normalized spacial score (nSPS) is 45.8. The summed E-state index contributed by atoms with van der Waals surface area (Å²) in [6, 6.07) is -0.118. The number of nitrogens with two attached hydrogens (primary N) is 1. The first-order chi connectivity index (χ1) is 5.06. The molecule has 0 aromatic carbocycles. The number of aliphatic hydroxyl groups excluding tert-OH is 1. The molecule has 3 atom stereocenters. The maximum atomic E-state index is 9.64. The van der Waals surface area contributed by atoms with Gasteiger partial charge in [-0.2, -0.15) is 0 Å². The fourth-order valence-electron chi connectivity index (χ4n) is 1.39. The third-order valence-electron chi connectivity index (χ3n) is 2.05. The van der Waals surface area contributed by atoms with E-state index in [1.807, 2.05) is 0 Å². The van der Waals surface area contributed by atoms with Gasteiger partial charge in [0.25, 0.3) is 0 Å². The van der Waals surface area contributed by atoms with Gasteiger partial charge in [-0.15, -0.1) is 0 Å². The Labute approximate surface area is 66.0 Å². The third kappa shape index (κ3) is 1.90. The van der Waals surface area contributed by atoms with Gasteiger partial charge in [0, 0.05) is 6.04 Å². The minimum Gasteiger partial charge on any atom is -0.394 e. The van der Waals surface area contributed by atoms with Crippen LogP contribution in [-0.4, -0.2) is 41.2 Å². The zero-order chi connectivity index (χ0) is 8.48. The summed E-state index contributed by atoms with van der Waals surface area (Å²) in [6.45, 7) is 1.90. The third-order valence-corrected chi connectivity index (χ3v) is 2.05. The SMILES string of the molecule is C[C@]1(O)C[C@@H](N)COC1CO. The number of rotatable bonds is 1. The van der Waals surface area contributed by atoms with Gasteiger partial charge in [0.1, 0.15) is 6.10 Å². The van der Waals surface area contributed by atoms with Crippen LogP contribution in [0, 0.1) is 0 Å². The highest BCUT2D eigenvalue weighted by atomic mass is 16.5. The lowest BCUT2D eigenvalue weighted by atomic mass is 9.89. The van der Waals surface area contributed by atoms with E-state index in [0.717, 1.165) is 0 Å². The van der Waals surface area contributed by atoms with Crippen LogP contribution < -0.4 is 5.73 Å². The predicted octanol–water partition coefficient (Wildman–Crippen LogP) is -1.15. The molecule has 0 radical (unpaired) electrons. The molecule has 4 heteroatoms. The van der Waals surface area contributed by atoms with Crippen molar-refractivity contribution >= 4 is 0 Å². The van der Waals surface area contributed by atoms with Crippen LogP contribution in [0.4, 0.5) is 0 Å². The zero-order valence-corrected chi connectivity index (χ0v) is 6.66. The van der Waals surface area contributed by atoms with E-state index in [4.69, 9.17) is 15.6 Å². The van der Waals surface area contributed by atoms with Crippen LogP contribution in [0.25, 0.3) is 0 Å². The van der Waals surface area contributed by atoms with Crippen molar-refractivity contribution in [2.45, 2.75) is 31.1 Å². The summed E-state index contributed by atoms with van der Waals surface area (Å²) in [5.41, 5.74) is 4.58. The fourth-order valence-corrected chi connectivity index (χ4v) is 1.39. The van der Waals surface area contributed by atoms with E-state index in [0.29, 0.717) is 13.0 Å². The average molecular weight is 161 g/mol. The maximum absolute atomic E-state index is 9.64. The molecule has 0 spiro atoms. The monoisotopic (exact) mass is 161 g/mol. The van der Waals surface area contributed by atoms with Crippen molar-refractivity contribution in [3.63, 3.8) is 0 Å². The Hall–Kier alpha value is -0.160. The lowest BCUT2D eigenvalue weighted by Gasteiger charge is -2.38. The standard InChI is InChI=1S/C7H15NO3/c1-7(10)2-5(8)4-11-6(7)3-9/h5-6,9-10H,2-4,8H2,1H3/t5-,6?,7+/m1/s1. The molecule has 11 heavy (non-hydrogen) atoms. The number of hydrogen-bond acceptors (Lipinski definition) is 4. The molecule has 0 aromatic rings. The van der Waals surface area contributed by atoms with E-state index in [9.17, 15) is 5.11 Å². The molecule has 1 heterocycles. The van der Waals surface area contributed by atoms with Crippen LogP contribution >= 0.6 is 0 Å². The minimum atomic E-state index is -0.980. The van der Waals surface area contributed by atoms with Gasteiger partial charge in [-0.05, 0) is 13.3 Å². The van der Waals surface area contributed by atoms with Crippen LogP contribution in [0.5, 0.6) is 0 Å². The molecule has 4 nitrogen and oxygen atoms in total. The Morgan fingerprint density at radius 2 is 2.36 bits per heavy atom. The van der Waals surface area contributed by atoms with Crippen LogP contribution in [0.2, 0.25) is 0 Å². The van der Waals surface area contributed by atoms with E-state index < -0.39 is 11.7 Å². The Morgan fingerprint density at radius 3 is 2.82 bits per heavy atom. The van der Waals surface area contributed by atoms with E-state index in [2.05, 4.69) is 0 Å². The first-order valence-corrected chi connectivity index (χ1v) is 3.76. The summed E-state index contributed by atoms with van der Waals surface area (Å²) < 4.78 is 5.13. The molecule has 1 unspecified atom stereocenters. The molecule has 1 rings (SSSR count). The molecule has 0 aromatic heterocycles. The topological polar surface area (TPSA) is 75.7 Å². The zero-order valence-electron chi connectivity index (χ0n) is 6.66. The Bertz CT molecular complexity index is 138. The van der Waals surface area contributed by atoms with Gasteiger partial charge in [-0.3, -0.25) is 0 Å². The van der Waals surface area contributed by atoms with Crippen molar-refractivity contribution < 1.29 is 14.9 Å². The number of ether oxygens (including phenoxy) is 1. The van der Waals surface area contributed by atoms with Crippen molar-refractivity contribution in [3.05, 3.63) is 0 Å². The van der Waals surface area contributed by atoms with Crippen molar-refractivity contribution in [1.82, 2.24) is 0 Å². The lowest BCUT2D eigenvalue weighted by Crippen LogP contribution is -2.54. The molecule has 66 valence electrons. The first kappa shape index (κ1) is 8.93. The summed E-state index contributed by atoms with van der Waals surface area (Å²) in [5.74, 6) is 0. The summed E-state index contributed by atoms with van der Waals surface area (Å²) in [4.78, 5) is 0. The van der Waals surface area contributed by atoms with Gasteiger partial charge in [0.05, 0.1) is 18.8 Å². The molecule has 1 aliphatic rings. The summed E-state index contributed by atoms with van der Waals surface area (Å²) in [5, 5.41) is 18.4. The fraction of sp³-hybridized carbons (Fsp3) is 1.00. The van der Waals surface area contributed by atoms with Gasteiger partial charge >= 0.3 is 0 Å². The van der Waals surface area contributed by atoms with Gasteiger partial charge in [0.2, 0.25) is 0 Å². The first-order valence-electron chi connectivity index (χ1n) is 3.76. The summed E-state index contributed by atoms with van der Waals surface area (Å²) >= 11 is 0. The van der Waals surface area contributed by atoms with E-state index in [-0.39, 0.29) is 12.6 Å². The highest BCUT2D eigenvalue weighted by molar-refractivity contribution is 4.90. The van der Waals surface area contributed by atoms with E-state index in [1.165, 1.54) is 0 Å². The number of aliphatic hydroxyl groups is 2. The van der Waals surface area contributed by atoms with Crippen LogP contribution in [0.3, 0.4) is 0 Å². The smallest absolute Gasteiger partial charge is 0.109 e. The van der Waals surface area contributed by atoms with Gasteiger partial charge in [-0.1, -0.05) is 0 Å². The largest absolute Gasteiger partial charge is 0.394 e. The molecule has 4 N–H and O–H groups in total. The van der Waals surface area contributed by atoms with Crippen LogP contribution in [-0.2, 0) is 4.74 Å². The van der Waals surface area contributed by atoms with E-state index >= 15 is 0 Å². The lowest BCUT2D eigenvalue weighted by molar-refractivity contribution is -0.155. The van der Waals surface area contributed by atoms with Gasteiger partial charge in [0.15, 0.2) is 0 Å². The second kappa shape index (κ2) is 3.06. The highest BCUT2D eigenvalue weighted by Crippen LogP contribution is 2.23. The van der Waals surface area contributed by atoms with Crippen LogP contribution in [0.15, 0.2) is 0 Å². The van der Waals surface area contributed by atoms with Crippen molar-refractivity contribution in [3.8, 4) is 0 Å². The Morgan fingerprint density at radius 1 is 1.73 bits per heavy atom. The Kier molecular flexibility index (Phi) is 2.49. The highest BCUT2D eigenvalue weighted by Gasteiger charge is 2.38. The van der Waals surface area contributed by atoms with Gasteiger partial charge < -0.3 is 20.7 Å². The van der Waals surface area contributed by atoms with Crippen molar-refractivity contribution in [2.75, 3.05) is 13.2 Å². The van der Waals surface area contributed by atoms with Crippen molar-refractivity contribution in [2.24, 2.45) is 5.73 Å². The molecule has 0 bridgehead atoms. The molecule has 0 amide bonds. The second-order valence-corrected chi connectivity index (χ2v) is 3.33. The minimum absolute atomic E-state index is 0.118. The summed E-state index contributed by atoms with van der Waals surface area (Å²) in [6.07, 6.45) is 0.000370. The van der Waals surface area contributed by atoms with Gasteiger partial charge in [-0.25, -0.2) is 0 Å². The molecule has 1 fully saturated rings. The van der Waals surface area contributed by atoms with Crippen molar-refractivity contribution in [1.29, 1.82) is 0 Å². The molecular formula is C7H15NO3. The maximum Gasteiger partial charge on any atom is 0.109 e. The predicted molar refractivity (Wildman–Crippen MR) is 40.0 cm³/mol. The molecular weight excluding hydrogens is 146 g/mol. The molecule has 0 saturated carbocycles. The second-order valence-electron chi connectivity index (χ2n) is 3.33.